The molecule has 142 valence electrons. The van der Waals surface area contributed by atoms with E-state index >= 15 is 0 Å². The standard InChI is InChI=1S/C16H21FN4O4S/c17-11-3-5-12(6-4-11)26(24,25)21-9-8-18-10-14(21)16(23)20-13-2-1-7-19-15(13)22/h3-6,13-14,18H,1-2,7-10H2,(H,19,22)(H,20,23)/t13-,14+/m0/s1. The van der Waals surface area contributed by atoms with Gasteiger partial charge in [0.25, 0.3) is 0 Å². The minimum atomic E-state index is -3.96. The van der Waals surface area contributed by atoms with Crippen LogP contribution in [-0.2, 0) is 19.6 Å². The second-order valence-electron chi connectivity index (χ2n) is 6.28. The van der Waals surface area contributed by atoms with Crippen molar-refractivity contribution in [3.05, 3.63) is 30.1 Å². The molecule has 2 aliphatic heterocycles. The van der Waals surface area contributed by atoms with Crippen molar-refractivity contribution in [3.63, 3.8) is 0 Å². The molecule has 1 aromatic rings. The number of carbonyl (C=O) groups excluding carboxylic acids is 2. The molecule has 0 aromatic heterocycles. The molecule has 10 heteroatoms. The van der Waals surface area contributed by atoms with Crippen molar-refractivity contribution in [2.75, 3.05) is 26.2 Å². The van der Waals surface area contributed by atoms with Crippen molar-refractivity contribution in [2.45, 2.75) is 29.8 Å². The van der Waals surface area contributed by atoms with Crippen molar-refractivity contribution < 1.29 is 22.4 Å². The zero-order chi connectivity index (χ0) is 18.7. The zero-order valence-electron chi connectivity index (χ0n) is 14.1. The lowest BCUT2D eigenvalue weighted by molar-refractivity contribution is -0.132. The SMILES string of the molecule is O=C1NCCC[C@@H]1NC(=O)[C@H]1CNCCN1S(=O)(=O)c1ccc(F)cc1. The van der Waals surface area contributed by atoms with Crippen LogP contribution >= 0.6 is 0 Å². The predicted molar refractivity (Wildman–Crippen MR) is 91.1 cm³/mol. The number of benzene rings is 1. The van der Waals surface area contributed by atoms with Crippen LogP contribution in [0.1, 0.15) is 12.8 Å². The number of carbonyl (C=O) groups is 2. The van der Waals surface area contributed by atoms with Gasteiger partial charge in [0.15, 0.2) is 0 Å². The molecule has 3 rings (SSSR count). The van der Waals surface area contributed by atoms with E-state index in [4.69, 9.17) is 0 Å². The summed E-state index contributed by atoms with van der Waals surface area (Å²) in [4.78, 5) is 24.4. The van der Waals surface area contributed by atoms with Gasteiger partial charge in [0.1, 0.15) is 17.9 Å². The first-order chi connectivity index (χ1) is 12.4. The van der Waals surface area contributed by atoms with Crippen LogP contribution in [0.3, 0.4) is 0 Å². The molecule has 2 amide bonds. The Morgan fingerprint density at radius 2 is 1.96 bits per heavy atom. The van der Waals surface area contributed by atoms with Gasteiger partial charge in [-0.05, 0) is 37.1 Å². The van der Waals surface area contributed by atoms with Crippen LogP contribution in [0, 0.1) is 5.82 Å². The minimum Gasteiger partial charge on any atom is -0.354 e. The summed E-state index contributed by atoms with van der Waals surface area (Å²) in [6.07, 6.45) is 1.26. The van der Waals surface area contributed by atoms with E-state index in [0.717, 1.165) is 22.9 Å². The highest BCUT2D eigenvalue weighted by molar-refractivity contribution is 7.89. The van der Waals surface area contributed by atoms with E-state index in [9.17, 15) is 22.4 Å². The summed E-state index contributed by atoms with van der Waals surface area (Å²) in [5.41, 5.74) is 0. The summed E-state index contributed by atoms with van der Waals surface area (Å²) in [7, 11) is -3.96. The van der Waals surface area contributed by atoms with Gasteiger partial charge < -0.3 is 16.0 Å². The number of piperidine rings is 1. The highest BCUT2D eigenvalue weighted by Crippen LogP contribution is 2.20. The molecule has 3 N–H and O–H groups in total. The number of amides is 2. The van der Waals surface area contributed by atoms with Crippen LogP contribution in [-0.4, -0.2) is 62.8 Å². The van der Waals surface area contributed by atoms with Crippen molar-refractivity contribution in [3.8, 4) is 0 Å². The lowest BCUT2D eigenvalue weighted by atomic mass is 10.1. The first kappa shape index (κ1) is 18.7. The Morgan fingerprint density at radius 1 is 1.23 bits per heavy atom. The van der Waals surface area contributed by atoms with E-state index in [0.29, 0.717) is 19.5 Å². The minimum absolute atomic E-state index is 0.0750. The van der Waals surface area contributed by atoms with Gasteiger partial charge in [-0.25, -0.2) is 12.8 Å². The van der Waals surface area contributed by atoms with Crippen molar-refractivity contribution in [2.24, 2.45) is 0 Å². The first-order valence-electron chi connectivity index (χ1n) is 8.46. The van der Waals surface area contributed by atoms with Gasteiger partial charge in [0.2, 0.25) is 21.8 Å². The number of nitrogens with zero attached hydrogens (tertiary/aromatic N) is 1. The third-order valence-corrected chi connectivity index (χ3v) is 6.44. The van der Waals surface area contributed by atoms with E-state index in [1.54, 1.807) is 0 Å². The van der Waals surface area contributed by atoms with Gasteiger partial charge in [-0.2, -0.15) is 4.31 Å². The number of piperazine rings is 1. The fraction of sp³-hybridized carbons (Fsp3) is 0.500. The molecule has 2 aliphatic rings. The summed E-state index contributed by atoms with van der Waals surface area (Å²) >= 11 is 0. The maximum absolute atomic E-state index is 13.1. The normalized spacial score (nSPS) is 24.7. The number of sulfonamides is 1. The van der Waals surface area contributed by atoms with E-state index in [2.05, 4.69) is 16.0 Å². The molecule has 8 nitrogen and oxygen atoms in total. The summed E-state index contributed by atoms with van der Waals surface area (Å²) in [5.74, 6) is -1.33. The Morgan fingerprint density at radius 3 is 2.65 bits per heavy atom. The Bertz CT molecular complexity index is 784. The molecule has 0 aliphatic carbocycles. The van der Waals surface area contributed by atoms with Crippen LogP contribution in [0.2, 0.25) is 0 Å². The summed E-state index contributed by atoms with van der Waals surface area (Å²) in [6.45, 7) is 1.21. The Hall–Kier alpha value is -2.04. The number of hydrogen-bond donors (Lipinski definition) is 3. The molecule has 26 heavy (non-hydrogen) atoms. The number of nitrogens with one attached hydrogen (secondary N) is 3. The quantitative estimate of drug-likeness (QED) is 0.629. The summed E-state index contributed by atoms with van der Waals surface area (Å²) in [5, 5.41) is 8.32. The van der Waals surface area contributed by atoms with Gasteiger partial charge in [0.05, 0.1) is 4.90 Å². The van der Waals surface area contributed by atoms with Crippen LogP contribution in [0.4, 0.5) is 4.39 Å². The maximum Gasteiger partial charge on any atom is 0.243 e. The molecule has 2 fully saturated rings. The summed E-state index contributed by atoms with van der Waals surface area (Å²) < 4.78 is 40.0. The predicted octanol–water partition coefficient (Wildman–Crippen LogP) is -0.817. The van der Waals surface area contributed by atoms with Crippen LogP contribution < -0.4 is 16.0 Å². The van der Waals surface area contributed by atoms with Gasteiger partial charge in [-0.15, -0.1) is 0 Å². The van der Waals surface area contributed by atoms with E-state index in [1.807, 2.05) is 0 Å². The molecule has 0 saturated carbocycles. The second kappa shape index (κ2) is 7.68. The molecular formula is C16H21FN4O4S. The molecule has 0 spiro atoms. The number of rotatable bonds is 4. The lowest BCUT2D eigenvalue weighted by Gasteiger charge is -2.35. The van der Waals surface area contributed by atoms with Crippen molar-refractivity contribution >= 4 is 21.8 Å². The average Bonchev–Trinajstić information content (AvgIpc) is 2.64. The van der Waals surface area contributed by atoms with Crippen molar-refractivity contribution in [1.29, 1.82) is 0 Å². The van der Waals surface area contributed by atoms with E-state index in [1.165, 1.54) is 12.1 Å². The van der Waals surface area contributed by atoms with E-state index in [-0.39, 0.29) is 23.9 Å². The molecule has 1 aromatic carbocycles. The van der Waals surface area contributed by atoms with Gasteiger partial charge in [-0.3, -0.25) is 9.59 Å². The molecular weight excluding hydrogens is 363 g/mol. The monoisotopic (exact) mass is 384 g/mol. The van der Waals surface area contributed by atoms with Gasteiger partial charge >= 0.3 is 0 Å². The maximum atomic E-state index is 13.1. The third kappa shape index (κ3) is 3.87. The number of halogens is 1. The topological polar surface area (TPSA) is 108 Å². The van der Waals surface area contributed by atoms with Crippen LogP contribution in [0.5, 0.6) is 0 Å². The Labute approximate surface area is 151 Å². The van der Waals surface area contributed by atoms with E-state index < -0.39 is 33.8 Å². The van der Waals surface area contributed by atoms with Crippen LogP contribution in [0.25, 0.3) is 0 Å². The smallest absolute Gasteiger partial charge is 0.243 e. The van der Waals surface area contributed by atoms with Crippen LogP contribution in [0.15, 0.2) is 29.2 Å². The lowest BCUT2D eigenvalue weighted by Crippen LogP contribution is -2.62. The molecule has 0 unspecified atom stereocenters. The molecule has 2 atom stereocenters. The molecule has 0 radical (unpaired) electrons. The molecule has 0 bridgehead atoms. The average molecular weight is 384 g/mol. The fourth-order valence-electron chi connectivity index (χ4n) is 3.12. The second-order valence-corrected chi connectivity index (χ2v) is 8.17. The fourth-order valence-corrected chi connectivity index (χ4v) is 4.70. The number of hydrogen-bond acceptors (Lipinski definition) is 5. The summed E-state index contributed by atoms with van der Waals surface area (Å²) in [6, 6.07) is 2.85. The highest BCUT2D eigenvalue weighted by Gasteiger charge is 2.39. The van der Waals surface area contributed by atoms with Gasteiger partial charge in [0, 0.05) is 26.2 Å². The molecule has 2 saturated heterocycles. The van der Waals surface area contributed by atoms with Crippen molar-refractivity contribution in [1.82, 2.24) is 20.3 Å². The Kier molecular flexibility index (Phi) is 5.54. The highest BCUT2D eigenvalue weighted by atomic mass is 32.2. The largest absolute Gasteiger partial charge is 0.354 e. The Balaban J connectivity index is 1.79. The molecule has 2 heterocycles. The third-order valence-electron chi connectivity index (χ3n) is 4.52. The first-order valence-corrected chi connectivity index (χ1v) is 9.90. The van der Waals surface area contributed by atoms with Gasteiger partial charge in [-0.1, -0.05) is 0 Å². The zero-order valence-corrected chi connectivity index (χ0v) is 14.9.